The van der Waals surface area contributed by atoms with E-state index >= 15 is 0 Å². The van der Waals surface area contributed by atoms with E-state index in [2.05, 4.69) is 35.9 Å². The van der Waals surface area contributed by atoms with Crippen LogP contribution in [0.15, 0.2) is 4.99 Å². The van der Waals surface area contributed by atoms with Crippen molar-refractivity contribution in [2.75, 3.05) is 71.0 Å². The Labute approximate surface area is 165 Å². The summed E-state index contributed by atoms with van der Waals surface area (Å²) in [7, 11) is -2.93. The van der Waals surface area contributed by atoms with E-state index in [9.17, 15) is 8.42 Å². The van der Waals surface area contributed by atoms with Crippen LogP contribution in [0.3, 0.4) is 0 Å². The van der Waals surface area contributed by atoms with Crippen LogP contribution in [0.2, 0.25) is 0 Å². The van der Waals surface area contributed by atoms with Crippen LogP contribution in [0.5, 0.6) is 0 Å². The number of hydrogen-bond acceptors (Lipinski definition) is 5. The van der Waals surface area contributed by atoms with E-state index in [1.165, 1.54) is 12.7 Å². The zero-order valence-corrected chi connectivity index (χ0v) is 18.4. The summed E-state index contributed by atoms with van der Waals surface area (Å²) < 4.78 is 28.4. The number of sulfone groups is 1. The van der Waals surface area contributed by atoms with Crippen molar-refractivity contribution >= 4 is 15.8 Å². The van der Waals surface area contributed by atoms with Gasteiger partial charge in [-0.15, -0.1) is 0 Å². The molecule has 158 valence electrons. The number of hydrogen-bond donors (Lipinski definition) is 1. The molecule has 2 aliphatic heterocycles. The van der Waals surface area contributed by atoms with Gasteiger partial charge in [0.25, 0.3) is 0 Å². The largest absolute Gasteiger partial charge is 0.379 e. The lowest BCUT2D eigenvalue weighted by atomic mass is 9.90. The Kier molecular flexibility index (Phi) is 8.37. The molecule has 2 fully saturated rings. The minimum absolute atomic E-state index is 0.128. The molecule has 0 amide bonds. The molecule has 2 heterocycles. The molecule has 2 aliphatic rings. The average molecular weight is 403 g/mol. The number of nitrogens with one attached hydrogen (secondary N) is 1. The summed E-state index contributed by atoms with van der Waals surface area (Å²) in [6.07, 6.45) is 3.13. The molecular formula is C19H38N4O3S. The second kappa shape index (κ2) is 10.1. The number of aliphatic imine (C=N–C) groups is 1. The van der Waals surface area contributed by atoms with Crippen LogP contribution < -0.4 is 5.32 Å². The predicted molar refractivity (Wildman–Crippen MR) is 111 cm³/mol. The summed E-state index contributed by atoms with van der Waals surface area (Å²) in [6.45, 7) is 14.7. The second-order valence-corrected chi connectivity index (χ2v) is 11.0. The van der Waals surface area contributed by atoms with Gasteiger partial charge in [0.15, 0.2) is 5.96 Å². The van der Waals surface area contributed by atoms with E-state index < -0.39 is 9.84 Å². The Morgan fingerprint density at radius 2 is 1.96 bits per heavy atom. The van der Waals surface area contributed by atoms with E-state index in [0.29, 0.717) is 18.9 Å². The summed E-state index contributed by atoms with van der Waals surface area (Å²) in [5.74, 6) is 1.86. The lowest BCUT2D eigenvalue weighted by molar-refractivity contribution is 0.0315. The number of rotatable bonds is 8. The van der Waals surface area contributed by atoms with E-state index in [1.807, 2.05) is 0 Å². The molecule has 0 spiro atoms. The van der Waals surface area contributed by atoms with Crippen molar-refractivity contribution in [3.63, 3.8) is 0 Å². The van der Waals surface area contributed by atoms with Crippen LogP contribution in [0.1, 0.15) is 33.6 Å². The SMILES string of the molecule is CCNC(=NCC(C)(C)CCS(C)(=O)=O)N1CCC(CN2CCOCC2)C1. The highest BCUT2D eigenvalue weighted by Gasteiger charge is 2.28. The maximum Gasteiger partial charge on any atom is 0.193 e. The van der Waals surface area contributed by atoms with Gasteiger partial charge in [0.1, 0.15) is 9.84 Å². The summed E-state index contributed by atoms with van der Waals surface area (Å²) >= 11 is 0. The highest BCUT2D eigenvalue weighted by atomic mass is 32.2. The van der Waals surface area contributed by atoms with Crippen molar-refractivity contribution in [1.29, 1.82) is 0 Å². The van der Waals surface area contributed by atoms with Gasteiger partial charge in [-0.25, -0.2) is 8.42 Å². The third-order valence-electron chi connectivity index (χ3n) is 5.35. The first-order valence-electron chi connectivity index (χ1n) is 10.2. The molecule has 0 bridgehead atoms. The van der Waals surface area contributed by atoms with Crippen molar-refractivity contribution < 1.29 is 13.2 Å². The molecule has 2 saturated heterocycles. The van der Waals surface area contributed by atoms with Crippen LogP contribution in [0.25, 0.3) is 0 Å². The molecule has 0 radical (unpaired) electrons. The second-order valence-electron chi connectivity index (χ2n) is 8.73. The fourth-order valence-corrected chi connectivity index (χ4v) is 4.50. The normalized spacial score (nSPS) is 23.0. The Bertz CT molecular complexity index is 586. The fraction of sp³-hybridized carbons (Fsp3) is 0.947. The van der Waals surface area contributed by atoms with E-state index in [0.717, 1.165) is 58.4 Å². The Balaban J connectivity index is 1.88. The van der Waals surface area contributed by atoms with Gasteiger partial charge in [-0.2, -0.15) is 0 Å². The van der Waals surface area contributed by atoms with Crippen molar-refractivity contribution in [2.24, 2.45) is 16.3 Å². The predicted octanol–water partition coefficient (Wildman–Crippen LogP) is 1.07. The van der Waals surface area contributed by atoms with Crippen LogP contribution in [-0.2, 0) is 14.6 Å². The summed E-state index contributed by atoms with van der Waals surface area (Å²) in [4.78, 5) is 9.72. The molecular weight excluding hydrogens is 364 g/mol. The van der Waals surface area contributed by atoms with E-state index in [-0.39, 0.29) is 11.2 Å². The number of nitrogens with zero attached hydrogens (tertiary/aromatic N) is 3. The smallest absolute Gasteiger partial charge is 0.193 e. The third-order valence-corrected chi connectivity index (χ3v) is 6.29. The van der Waals surface area contributed by atoms with E-state index in [4.69, 9.17) is 9.73 Å². The highest BCUT2D eigenvalue weighted by molar-refractivity contribution is 7.90. The van der Waals surface area contributed by atoms with Gasteiger partial charge < -0.3 is 15.0 Å². The van der Waals surface area contributed by atoms with Gasteiger partial charge in [-0.1, -0.05) is 13.8 Å². The number of ether oxygens (including phenoxy) is 1. The van der Waals surface area contributed by atoms with Crippen LogP contribution in [0, 0.1) is 11.3 Å². The van der Waals surface area contributed by atoms with Gasteiger partial charge in [-0.3, -0.25) is 9.89 Å². The first-order valence-corrected chi connectivity index (χ1v) is 12.3. The van der Waals surface area contributed by atoms with Gasteiger partial charge in [-0.05, 0) is 31.1 Å². The van der Waals surface area contributed by atoms with Crippen molar-refractivity contribution in [3.05, 3.63) is 0 Å². The number of likely N-dealkylation sites (tertiary alicyclic amines) is 1. The topological polar surface area (TPSA) is 74.2 Å². The molecule has 2 rings (SSSR count). The zero-order chi connectivity index (χ0) is 19.9. The lowest BCUT2D eigenvalue weighted by Crippen LogP contribution is -2.42. The van der Waals surface area contributed by atoms with Crippen LogP contribution >= 0.6 is 0 Å². The Hall–Kier alpha value is -0.860. The van der Waals surface area contributed by atoms with Crippen LogP contribution in [-0.4, -0.2) is 95.2 Å². The molecule has 1 N–H and O–H groups in total. The van der Waals surface area contributed by atoms with E-state index in [1.54, 1.807) is 0 Å². The Morgan fingerprint density at radius 3 is 2.59 bits per heavy atom. The molecule has 1 unspecified atom stereocenters. The number of morpholine rings is 1. The van der Waals surface area contributed by atoms with Crippen molar-refractivity contribution in [1.82, 2.24) is 15.1 Å². The van der Waals surface area contributed by atoms with Crippen molar-refractivity contribution in [2.45, 2.75) is 33.6 Å². The number of guanidine groups is 1. The average Bonchev–Trinajstić information content (AvgIpc) is 3.06. The first kappa shape index (κ1) is 22.4. The minimum atomic E-state index is -2.93. The molecule has 0 aromatic heterocycles. The van der Waals surface area contributed by atoms with Gasteiger partial charge >= 0.3 is 0 Å². The highest BCUT2D eigenvalue weighted by Crippen LogP contribution is 2.23. The molecule has 27 heavy (non-hydrogen) atoms. The molecule has 0 aromatic rings. The molecule has 0 aliphatic carbocycles. The zero-order valence-electron chi connectivity index (χ0n) is 17.5. The quantitative estimate of drug-likeness (QED) is 0.484. The van der Waals surface area contributed by atoms with Gasteiger partial charge in [0.05, 0.1) is 19.0 Å². The summed E-state index contributed by atoms with van der Waals surface area (Å²) in [6, 6.07) is 0. The van der Waals surface area contributed by atoms with Crippen LogP contribution in [0.4, 0.5) is 0 Å². The molecule has 8 heteroatoms. The molecule has 1 atom stereocenters. The minimum Gasteiger partial charge on any atom is -0.379 e. The molecule has 0 aromatic carbocycles. The van der Waals surface area contributed by atoms with Gasteiger partial charge in [0, 0.05) is 52.1 Å². The van der Waals surface area contributed by atoms with Crippen molar-refractivity contribution in [3.8, 4) is 0 Å². The Morgan fingerprint density at radius 1 is 1.26 bits per heavy atom. The summed E-state index contributed by atoms with van der Waals surface area (Å²) in [5.41, 5.74) is -0.128. The maximum absolute atomic E-state index is 11.5. The molecule has 0 saturated carbocycles. The summed E-state index contributed by atoms with van der Waals surface area (Å²) in [5, 5.41) is 3.42. The maximum atomic E-state index is 11.5. The monoisotopic (exact) mass is 402 g/mol. The standard InChI is InChI=1S/C19H38N4O3S/c1-5-20-18(21-16-19(2,3)7-13-27(4,24)25)23-8-6-17(15-23)14-22-9-11-26-12-10-22/h17H,5-16H2,1-4H3,(H,20,21). The lowest BCUT2D eigenvalue weighted by Gasteiger charge is -2.29. The third kappa shape index (κ3) is 8.35. The van der Waals surface area contributed by atoms with Gasteiger partial charge in [0.2, 0.25) is 0 Å². The fourth-order valence-electron chi connectivity index (χ4n) is 3.58. The first-order chi connectivity index (χ1) is 12.7. The molecule has 7 nitrogen and oxygen atoms in total.